The van der Waals surface area contributed by atoms with Gasteiger partial charge in [0.1, 0.15) is 0 Å². The van der Waals surface area contributed by atoms with Gasteiger partial charge >= 0.3 is 0 Å². The molecule has 1 saturated heterocycles. The van der Waals surface area contributed by atoms with Crippen molar-refractivity contribution in [3.63, 3.8) is 0 Å². The van der Waals surface area contributed by atoms with Crippen LogP contribution >= 0.6 is 12.4 Å². The summed E-state index contributed by atoms with van der Waals surface area (Å²) < 4.78 is 0. The van der Waals surface area contributed by atoms with E-state index in [0.29, 0.717) is 13.0 Å². The van der Waals surface area contributed by atoms with Crippen LogP contribution in [0.15, 0.2) is 24.3 Å². The number of carbonyl (C=O) groups is 2. The molecule has 3 N–H and O–H groups in total. The van der Waals surface area contributed by atoms with Crippen LogP contribution in [0.4, 0.5) is 5.69 Å². The first-order chi connectivity index (χ1) is 11.5. The van der Waals surface area contributed by atoms with Crippen molar-refractivity contribution in [1.82, 2.24) is 5.32 Å². The molecule has 0 aromatic heterocycles. The molecular formula is C19H28ClN3O2. The fourth-order valence-corrected chi connectivity index (χ4v) is 3.86. The van der Waals surface area contributed by atoms with Crippen molar-refractivity contribution < 1.29 is 9.59 Å². The molecule has 2 amide bonds. The predicted molar refractivity (Wildman–Crippen MR) is 102 cm³/mol. The Bertz CT molecular complexity index is 633. The van der Waals surface area contributed by atoms with Crippen LogP contribution in [0.3, 0.4) is 0 Å². The van der Waals surface area contributed by atoms with Gasteiger partial charge in [-0.25, -0.2) is 0 Å². The Morgan fingerprint density at radius 3 is 2.84 bits per heavy atom. The van der Waals surface area contributed by atoms with Crippen LogP contribution in [0.2, 0.25) is 0 Å². The molecule has 1 aliphatic carbocycles. The molecule has 5 nitrogen and oxygen atoms in total. The highest BCUT2D eigenvalue weighted by Crippen LogP contribution is 2.31. The van der Waals surface area contributed by atoms with Gasteiger partial charge in [0.05, 0.1) is 5.92 Å². The molecule has 25 heavy (non-hydrogen) atoms. The minimum atomic E-state index is -0.411. The van der Waals surface area contributed by atoms with Gasteiger partial charge in [0.15, 0.2) is 0 Å². The van der Waals surface area contributed by atoms with E-state index in [9.17, 15) is 9.59 Å². The minimum Gasteiger partial charge on any atom is -0.352 e. The Kier molecular flexibility index (Phi) is 6.47. The number of nitrogens with zero attached hydrogens (tertiary/aromatic N) is 1. The third-order valence-corrected chi connectivity index (χ3v) is 5.33. The van der Waals surface area contributed by atoms with E-state index < -0.39 is 5.54 Å². The summed E-state index contributed by atoms with van der Waals surface area (Å²) in [6, 6.07) is 7.86. The first kappa shape index (κ1) is 19.7. The molecule has 2 unspecified atom stereocenters. The van der Waals surface area contributed by atoms with Crippen LogP contribution in [-0.4, -0.2) is 23.9 Å². The summed E-state index contributed by atoms with van der Waals surface area (Å²) >= 11 is 0. The van der Waals surface area contributed by atoms with Crippen LogP contribution in [0.5, 0.6) is 0 Å². The summed E-state index contributed by atoms with van der Waals surface area (Å²) in [6.07, 6.45) is 5.47. The van der Waals surface area contributed by atoms with E-state index in [1.54, 1.807) is 0 Å². The summed E-state index contributed by atoms with van der Waals surface area (Å²) in [5.41, 5.74) is 7.83. The molecule has 3 rings (SSSR count). The lowest BCUT2D eigenvalue weighted by Gasteiger charge is -2.37. The van der Waals surface area contributed by atoms with E-state index in [1.165, 1.54) is 0 Å². The first-order valence-electron chi connectivity index (χ1n) is 8.93. The molecule has 6 heteroatoms. The number of carbonyl (C=O) groups excluding carboxylic acids is 2. The third-order valence-electron chi connectivity index (χ3n) is 5.33. The molecule has 1 aromatic rings. The maximum atomic E-state index is 12.5. The van der Waals surface area contributed by atoms with Gasteiger partial charge in [0.2, 0.25) is 11.8 Å². The molecule has 2 atom stereocenters. The highest BCUT2D eigenvalue weighted by atomic mass is 35.5. The predicted octanol–water partition coefficient (Wildman–Crippen LogP) is 2.76. The second kappa shape index (κ2) is 8.19. The Morgan fingerprint density at radius 1 is 1.36 bits per heavy atom. The average molecular weight is 366 g/mol. The minimum absolute atomic E-state index is 0. The maximum absolute atomic E-state index is 12.5. The molecule has 2 aliphatic rings. The molecule has 0 radical (unpaired) electrons. The second-order valence-corrected chi connectivity index (χ2v) is 7.34. The van der Waals surface area contributed by atoms with Crippen LogP contribution < -0.4 is 16.0 Å². The number of amides is 2. The summed E-state index contributed by atoms with van der Waals surface area (Å²) in [5.74, 6) is 0.106. The van der Waals surface area contributed by atoms with Crippen LogP contribution in [0, 0.1) is 5.92 Å². The topological polar surface area (TPSA) is 75.4 Å². The van der Waals surface area contributed by atoms with Gasteiger partial charge in [-0.15, -0.1) is 12.4 Å². The Labute approximate surface area is 155 Å². The number of rotatable bonds is 4. The normalized spacial score (nSPS) is 26.2. The van der Waals surface area contributed by atoms with Gasteiger partial charge in [-0.1, -0.05) is 25.0 Å². The smallest absolute Gasteiger partial charge is 0.227 e. The molecule has 138 valence electrons. The lowest BCUT2D eigenvalue weighted by atomic mass is 9.74. The van der Waals surface area contributed by atoms with Crippen molar-refractivity contribution in [1.29, 1.82) is 0 Å². The van der Waals surface area contributed by atoms with E-state index in [-0.39, 0.29) is 30.1 Å². The quantitative estimate of drug-likeness (QED) is 0.861. The van der Waals surface area contributed by atoms with Gasteiger partial charge < -0.3 is 16.0 Å². The molecule has 1 heterocycles. The Hall–Kier alpha value is -1.59. The molecule has 0 bridgehead atoms. The molecule has 1 aliphatic heterocycles. The van der Waals surface area contributed by atoms with Crippen molar-refractivity contribution in [3.8, 4) is 0 Å². The van der Waals surface area contributed by atoms with Crippen molar-refractivity contribution in [2.24, 2.45) is 11.7 Å². The highest BCUT2D eigenvalue weighted by molar-refractivity contribution is 5.95. The Morgan fingerprint density at radius 2 is 2.16 bits per heavy atom. The van der Waals surface area contributed by atoms with Crippen molar-refractivity contribution >= 4 is 29.9 Å². The van der Waals surface area contributed by atoms with Gasteiger partial charge in [-0.2, -0.15) is 0 Å². The summed E-state index contributed by atoms with van der Waals surface area (Å²) in [4.78, 5) is 26.2. The number of nitrogens with one attached hydrogen (secondary N) is 1. The van der Waals surface area contributed by atoms with E-state index in [0.717, 1.165) is 49.9 Å². The molecule has 1 aromatic carbocycles. The summed E-state index contributed by atoms with van der Waals surface area (Å²) in [6.45, 7) is 3.24. The van der Waals surface area contributed by atoms with E-state index in [4.69, 9.17) is 5.73 Å². The molecule has 0 spiro atoms. The first-order valence-corrected chi connectivity index (χ1v) is 8.93. The average Bonchev–Trinajstić information content (AvgIpc) is 2.98. The second-order valence-electron chi connectivity index (χ2n) is 7.34. The molecule has 1 saturated carbocycles. The van der Waals surface area contributed by atoms with Crippen LogP contribution in [0.1, 0.15) is 51.0 Å². The number of hydrogen-bond acceptors (Lipinski definition) is 3. The van der Waals surface area contributed by atoms with E-state index >= 15 is 0 Å². The largest absolute Gasteiger partial charge is 0.352 e. The number of halogens is 1. The standard InChI is InChI=1S/C19H27N3O2.ClH/c1-19(20)10-3-2-8-16(19)18(24)21-13-14-6-4-7-15(12-14)22-11-5-9-17(22)23;/h4,6-7,12,16H,2-3,5,8-11,13,20H2,1H3,(H,21,24);1H. The zero-order valence-corrected chi connectivity index (χ0v) is 15.6. The number of hydrogen-bond donors (Lipinski definition) is 2. The van der Waals surface area contributed by atoms with Gasteiger partial charge in [-0.05, 0) is 43.9 Å². The third kappa shape index (κ3) is 4.53. The fourth-order valence-electron chi connectivity index (χ4n) is 3.86. The summed E-state index contributed by atoms with van der Waals surface area (Å²) in [7, 11) is 0. The lowest BCUT2D eigenvalue weighted by Crippen LogP contribution is -2.52. The van der Waals surface area contributed by atoms with Crippen LogP contribution in [0.25, 0.3) is 0 Å². The fraction of sp³-hybridized carbons (Fsp3) is 0.579. The van der Waals surface area contributed by atoms with Gasteiger partial charge in [0.25, 0.3) is 0 Å². The SMILES string of the molecule is CC1(N)CCCCC1C(=O)NCc1cccc(N2CCCC2=O)c1.Cl. The van der Waals surface area contributed by atoms with Crippen molar-refractivity contribution in [2.75, 3.05) is 11.4 Å². The lowest BCUT2D eigenvalue weighted by molar-refractivity contribution is -0.128. The highest BCUT2D eigenvalue weighted by Gasteiger charge is 2.37. The van der Waals surface area contributed by atoms with E-state index in [2.05, 4.69) is 5.32 Å². The zero-order chi connectivity index (χ0) is 17.2. The van der Waals surface area contributed by atoms with Gasteiger partial charge in [0, 0.05) is 30.7 Å². The van der Waals surface area contributed by atoms with Crippen molar-refractivity contribution in [3.05, 3.63) is 29.8 Å². The molecular weight excluding hydrogens is 338 g/mol. The molecule has 2 fully saturated rings. The maximum Gasteiger partial charge on any atom is 0.227 e. The Balaban J connectivity index is 0.00000225. The van der Waals surface area contributed by atoms with Crippen molar-refractivity contribution in [2.45, 2.75) is 57.5 Å². The number of benzene rings is 1. The zero-order valence-electron chi connectivity index (χ0n) is 14.8. The number of nitrogens with two attached hydrogens (primary N) is 1. The van der Waals surface area contributed by atoms with Gasteiger partial charge in [-0.3, -0.25) is 9.59 Å². The monoisotopic (exact) mass is 365 g/mol. The summed E-state index contributed by atoms with van der Waals surface area (Å²) in [5, 5.41) is 3.03. The van der Waals surface area contributed by atoms with Crippen LogP contribution in [-0.2, 0) is 16.1 Å². The van der Waals surface area contributed by atoms with E-state index in [1.807, 2.05) is 36.1 Å². The number of anilines is 1.